The highest BCUT2D eigenvalue weighted by Gasteiger charge is 2.28. The van der Waals surface area contributed by atoms with Gasteiger partial charge in [0.05, 0.1) is 0 Å². The largest absolute Gasteiger partial charge is 0.317 e. The molecular weight excluding hydrogens is 258 g/mol. The molecule has 2 saturated heterocycles. The summed E-state index contributed by atoms with van der Waals surface area (Å²) in [6, 6.07) is 0.955. The van der Waals surface area contributed by atoms with Gasteiger partial charge < -0.3 is 10.2 Å². The van der Waals surface area contributed by atoms with Crippen molar-refractivity contribution in [3.05, 3.63) is 0 Å². The Morgan fingerprint density at radius 3 is 1.86 bits per heavy atom. The predicted octanol–water partition coefficient (Wildman–Crippen LogP) is 3.21. The van der Waals surface area contributed by atoms with Gasteiger partial charge in [0.2, 0.25) is 0 Å². The summed E-state index contributed by atoms with van der Waals surface area (Å²) in [6.45, 7) is 17.1. The summed E-state index contributed by atoms with van der Waals surface area (Å²) in [6.07, 6.45) is 7.19. The molecule has 21 heavy (non-hydrogen) atoms. The Bertz CT molecular complexity index is 227. The highest BCUT2D eigenvalue weighted by molar-refractivity contribution is 4.84. The molecule has 0 aromatic carbocycles. The van der Waals surface area contributed by atoms with Crippen LogP contribution in [0.1, 0.15) is 59.8 Å². The first-order chi connectivity index (χ1) is 10.4. The lowest BCUT2D eigenvalue weighted by molar-refractivity contribution is 0.0529. The van der Waals surface area contributed by atoms with Crippen LogP contribution in [-0.4, -0.2) is 61.7 Å². The van der Waals surface area contributed by atoms with Crippen LogP contribution in [0, 0.1) is 5.92 Å². The Morgan fingerprint density at radius 1 is 0.810 bits per heavy atom. The Hall–Kier alpha value is -0.120. The van der Waals surface area contributed by atoms with E-state index in [0.717, 1.165) is 12.0 Å². The van der Waals surface area contributed by atoms with Gasteiger partial charge >= 0.3 is 0 Å². The number of piperazine rings is 1. The zero-order valence-electron chi connectivity index (χ0n) is 15.0. The van der Waals surface area contributed by atoms with Crippen LogP contribution in [0.25, 0.3) is 0 Å². The smallest absolute Gasteiger partial charge is 0.0113 e. The number of rotatable bonds is 3. The van der Waals surface area contributed by atoms with Crippen molar-refractivity contribution >= 4 is 0 Å². The van der Waals surface area contributed by atoms with Gasteiger partial charge in [-0.1, -0.05) is 34.1 Å². The zero-order valence-corrected chi connectivity index (χ0v) is 15.0. The fourth-order valence-electron chi connectivity index (χ4n) is 3.49. The molecule has 0 amide bonds. The van der Waals surface area contributed by atoms with Gasteiger partial charge in [0, 0.05) is 38.8 Å². The number of nitrogens with one attached hydrogen (secondary N) is 1. The SMILES string of the molecule is C1CC(N2CCN(CC3CCNCC3)CC2)C1.CC.CC. The number of hydrogen-bond acceptors (Lipinski definition) is 3. The van der Waals surface area contributed by atoms with Gasteiger partial charge in [-0.05, 0) is 44.7 Å². The Labute approximate surface area is 133 Å². The van der Waals surface area contributed by atoms with Crippen molar-refractivity contribution in [3.63, 3.8) is 0 Å². The van der Waals surface area contributed by atoms with Crippen LogP contribution in [0.4, 0.5) is 0 Å². The van der Waals surface area contributed by atoms with Gasteiger partial charge in [0.1, 0.15) is 0 Å². The van der Waals surface area contributed by atoms with E-state index >= 15 is 0 Å². The lowest BCUT2D eigenvalue weighted by Gasteiger charge is -2.43. The number of piperidine rings is 1. The van der Waals surface area contributed by atoms with Gasteiger partial charge in [0.25, 0.3) is 0 Å². The molecular formula is C18H39N3. The zero-order chi connectivity index (χ0) is 15.5. The molecule has 0 atom stereocenters. The fraction of sp³-hybridized carbons (Fsp3) is 1.00. The highest BCUT2D eigenvalue weighted by Crippen LogP contribution is 2.25. The minimum Gasteiger partial charge on any atom is -0.317 e. The molecule has 2 aliphatic heterocycles. The molecule has 3 aliphatic rings. The van der Waals surface area contributed by atoms with Crippen LogP contribution in [0.2, 0.25) is 0 Å². The highest BCUT2D eigenvalue weighted by atomic mass is 15.3. The molecule has 1 aliphatic carbocycles. The van der Waals surface area contributed by atoms with Crippen molar-refractivity contribution in [2.24, 2.45) is 5.92 Å². The van der Waals surface area contributed by atoms with Crippen LogP contribution in [0.15, 0.2) is 0 Å². The monoisotopic (exact) mass is 297 g/mol. The van der Waals surface area contributed by atoms with Crippen molar-refractivity contribution < 1.29 is 0 Å². The molecule has 0 unspecified atom stereocenters. The maximum atomic E-state index is 3.46. The number of hydrogen-bond donors (Lipinski definition) is 1. The molecule has 0 aromatic rings. The van der Waals surface area contributed by atoms with E-state index in [1.807, 2.05) is 27.7 Å². The van der Waals surface area contributed by atoms with Gasteiger partial charge in [-0.2, -0.15) is 0 Å². The number of nitrogens with zero attached hydrogens (tertiary/aromatic N) is 2. The van der Waals surface area contributed by atoms with Gasteiger partial charge in [0.15, 0.2) is 0 Å². The van der Waals surface area contributed by atoms with Crippen molar-refractivity contribution in [1.82, 2.24) is 15.1 Å². The quantitative estimate of drug-likeness (QED) is 0.863. The molecule has 3 fully saturated rings. The minimum atomic E-state index is 0.955. The second-order valence-corrected chi connectivity index (χ2v) is 6.11. The second-order valence-electron chi connectivity index (χ2n) is 6.11. The Kier molecular flexibility index (Phi) is 10.3. The van der Waals surface area contributed by atoms with E-state index in [4.69, 9.17) is 0 Å². The fourth-order valence-corrected chi connectivity index (χ4v) is 3.49. The van der Waals surface area contributed by atoms with E-state index in [2.05, 4.69) is 15.1 Å². The molecule has 0 radical (unpaired) electrons. The van der Waals surface area contributed by atoms with Crippen molar-refractivity contribution in [2.75, 3.05) is 45.8 Å². The van der Waals surface area contributed by atoms with Gasteiger partial charge in [-0.15, -0.1) is 0 Å². The third-order valence-electron chi connectivity index (χ3n) is 4.97. The summed E-state index contributed by atoms with van der Waals surface area (Å²) >= 11 is 0. The molecule has 3 rings (SSSR count). The minimum absolute atomic E-state index is 0.955. The third kappa shape index (κ3) is 6.25. The first-order valence-electron chi connectivity index (χ1n) is 9.59. The van der Waals surface area contributed by atoms with E-state index in [0.29, 0.717) is 0 Å². The molecule has 1 N–H and O–H groups in total. The Balaban J connectivity index is 0.000000510. The predicted molar refractivity (Wildman–Crippen MR) is 93.9 cm³/mol. The van der Waals surface area contributed by atoms with Crippen LogP contribution < -0.4 is 5.32 Å². The summed E-state index contributed by atoms with van der Waals surface area (Å²) < 4.78 is 0. The first-order valence-corrected chi connectivity index (χ1v) is 9.59. The second kappa shape index (κ2) is 11.4. The molecule has 3 nitrogen and oxygen atoms in total. The Morgan fingerprint density at radius 2 is 1.38 bits per heavy atom. The van der Waals surface area contributed by atoms with E-state index < -0.39 is 0 Å². The molecule has 126 valence electrons. The summed E-state index contributed by atoms with van der Waals surface area (Å²) in [5.74, 6) is 0.964. The molecule has 0 aromatic heterocycles. The molecule has 2 heterocycles. The van der Waals surface area contributed by atoms with Crippen LogP contribution in [0.3, 0.4) is 0 Å². The molecule has 0 bridgehead atoms. The maximum absolute atomic E-state index is 3.46. The van der Waals surface area contributed by atoms with Crippen LogP contribution in [-0.2, 0) is 0 Å². The van der Waals surface area contributed by atoms with E-state index in [1.165, 1.54) is 77.9 Å². The van der Waals surface area contributed by atoms with Crippen molar-refractivity contribution in [3.8, 4) is 0 Å². The summed E-state index contributed by atoms with van der Waals surface area (Å²) in [7, 11) is 0. The van der Waals surface area contributed by atoms with Crippen molar-refractivity contribution in [1.29, 1.82) is 0 Å². The molecule has 3 heteroatoms. The van der Waals surface area contributed by atoms with Crippen molar-refractivity contribution in [2.45, 2.75) is 65.8 Å². The topological polar surface area (TPSA) is 18.5 Å². The summed E-state index contributed by atoms with van der Waals surface area (Å²) in [4.78, 5) is 5.45. The third-order valence-corrected chi connectivity index (χ3v) is 4.97. The van der Waals surface area contributed by atoms with E-state index in [-0.39, 0.29) is 0 Å². The van der Waals surface area contributed by atoms with Crippen LogP contribution in [0.5, 0.6) is 0 Å². The lowest BCUT2D eigenvalue weighted by atomic mass is 9.91. The van der Waals surface area contributed by atoms with Gasteiger partial charge in [-0.3, -0.25) is 4.90 Å². The van der Waals surface area contributed by atoms with Crippen LogP contribution >= 0.6 is 0 Å². The summed E-state index contributed by atoms with van der Waals surface area (Å²) in [5, 5.41) is 3.46. The molecule has 1 saturated carbocycles. The standard InChI is InChI=1S/C14H27N3.2C2H6/c1-2-14(3-1)17-10-8-16(9-11-17)12-13-4-6-15-7-5-13;2*1-2/h13-15H,1-12H2;2*1-2H3. The maximum Gasteiger partial charge on any atom is 0.0113 e. The lowest BCUT2D eigenvalue weighted by Crippen LogP contribution is -2.53. The average molecular weight is 298 g/mol. The van der Waals surface area contributed by atoms with Gasteiger partial charge in [-0.25, -0.2) is 0 Å². The van der Waals surface area contributed by atoms with E-state index in [1.54, 1.807) is 0 Å². The first kappa shape index (κ1) is 18.9. The normalized spacial score (nSPS) is 25.1. The average Bonchev–Trinajstić information content (AvgIpc) is 2.53. The summed E-state index contributed by atoms with van der Waals surface area (Å²) in [5.41, 5.74) is 0. The van der Waals surface area contributed by atoms with E-state index in [9.17, 15) is 0 Å². The molecule has 0 spiro atoms.